The van der Waals surface area contributed by atoms with E-state index in [1.165, 1.54) is 0 Å². The highest BCUT2D eigenvalue weighted by Crippen LogP contribution is 2.27. The van der Waals surface area contributed by atoms with Gasteiger partial charge in [0.2, 0.25) is 0 Å². The third-order valence-corrected chi connectivity index (χ3v) is 3.08. The molecule has 1 unspecified atom stereocenters. The van der Waals surface area contributed by atoms with Crippen molar-refractivity contribution < 1.29 is 9.47 Å². The standard InChI is InChI=1S/C12H18BrNO2/c1-4-14-12(8-15-2)10-7-9(16-3)5-6-11(10)13/h5-7,12,14H,4,8H2,1-3H3. The molecule has 1 rings (SSSR count). The number of ether oxygens (including phenoxy) is 2. The van der Waals surface area contributed by atoms with Crippen molar-refractivity contribution in [3.63, 3.8) is 0 Å². The highest BCUT2D eigenvalue weighted by Gasteiger charge is 2.14. The Balaban J connectivity index is 2.96. The van der Waals surface area contributed by atoms with Gasteiger partial charge in [-0.25, -0.2) is 0 Å². The first-order valence-electron chi connectivity index (χ1n) is 5.28. The van der Waals surface area contributed by atoms with Crippen LogP contribution in [0.4, 0.5) is 0 Å². The number of hydrogen-bond acceptors (Lipinski definition) is 3. The predicted octanol–water partition coefficient (Wildman–Crippen LogP) is 2.75. The number of halogens is 1. The number of nitrogens with one attached hydrogen (secondary N) is 1. The molecule has 0 saturated carbocycles. The molecule has 0 radical (unpaired) electrons. The molecule has 1 aromatic rings. The van der Waals surface area contributed by atoms with Crippen molar-refractivity contribution >= 4 is 15.9 Å². The second-order valence-electron chi connectivity index (χ2n) is 3.45. The Morgan fingerprint density at radius 1 is 1.38 bits per heavy atom. The Morgan fingerprint density at radius 3 is 2.69 bits per heavy atom. The molecule has 4 heteroatoms. The Bertz CT molecular complexity index is 325. The van der Waals surface area contributed by atoms with E-state index >= 15 is 0 Å². The van der Waals surface area contributed by atoms with Crippen LogP contribution in [0.15, 0.2) is 22.7 Å². The van der Waals surface area contributed by atoms with Gasteiger partial charge < -0.3 is 14.8 Å². The Kier molecular flexibility index (Phi) is 5.80. The summed E-state index contributed by atoms with van der Waals surface area (Å²) in [5.41, 5.74) is 1.16. The van der Waals surface area contributed by atoms with Crippen LogP contribution in [0.1, 0.15) is 18.5 Å². The fraction of sp³-hybridized carbons (Fsp3) is 0.500. The van der Waals surface area contributed by atoms with Gasteiger partial charge in [0.05, 0.1) is 19.8 Å². The molecule has 0 saturated heterocycles. The van der Waals surface area contributed by atoms with Gasteiger partial charge in [-0.2, -0.15) is 0 Å². The lowest BCUT2D eigenvalue weighted by atomic mass is 10.1. The smallest absolute Gasteiger partial charge is 0.119 e. The minimum absolute atomic E-state index is 0.180. The van der Waals surface area contributed by atoms with Crippen LogP contribution in [0.2, 0.25) is 0 Å². The number of likely N-dealkylation sites (N-methyl/N-ethyl adjacent to an activating group) is 1. The van der Waals surface area contributed by atoms with Crippen molar-refractivity contribution in [2.75, 3.05) is 27.4 Å². The predicted molar refractivity (Wildman–Crippen MR) is 69.0 cm³/mol. The van der Waals surface area contributed by atoms with Gasteiger partial charge >= 0.3 is 0 Å². The Hall–Kier alpha value is -0.580. The maximum atomic E-state index is 5.23. The van der Waals surface area contributed by atoms with Crippen molar-refractivity contribution in [1.29, 1.82) is 0 Å². The van der Waals surface area contributed by atoms with Gasteiger partial charge in [0.25, 0.3) is 0 Å². The molecule has 1 N–H and O–H groups in total. The van der Waals surface area contributed by atoms with Crippen LogP contribution in [-0.4, -0.2) is 27.4 Å². The van der Waals surface area contributed by atoms with E-state index in [0.717, 1.165) is 22.3 Å². The highest BCUT2D eigenvalue weighted by atomic mass is 79.9. The van der Waals surface area contributed by atoms with Crippen LogP contribution in [0.3, 0.4) is 0 Å². The normalized spacial score (nSPS) is 12.5. The zero-order valence-electron chi connectivity index (χ0n) is 9.92. The zero-order valence-corrected chi connectivity index (χ0v) is 11.5. The van der Waals surface area contributed by atoms with E-state index in [9.17, 15) is 0 Å². The molecule has 0 aliphatic carbocycles. The molecule has 0 aromatic heterocycles. The number of rotatable bonds is 6. The first-order chi connectivity index (χ1) is 7.72. The van der Waals surface area contributed by atoms with Crippen LogP contribution < -0.4 is 10.1 Å². The average molecular weight is 288 g/mol. The van der Waals surface area contributed by atoms with E-state index in [4.69, 9.17) is 9.47 Å². The van der Waals surface area contributed by atoms with Crippen LogP contribution in [0.25, 0.3) is 0 Å². The van der Waals surface area contributed by atoms with Gasteiger partial charge in [0, 0.05) is 11.6 Å². The third kappa shape index (κ3) is 3.47. The summed E-state index contributed by atoms with van der Waals surface area (Å²) in [4.78, 5) is 0. The molecule has 0 aliphatic rings. The number of benzene rings is 1. The monoisotopic (exact) mass is 287 g/mol. The molecule has 0 bridgehead atoms. The van der Waals surface area contributed by atoms with Gasteiger partial charge in [-0.3, -0.25) is 0 Å². The third-order valence-electron chi connectivity index (χ3n) is 2.36. The molecule has 0 aliphatic heterocycles. The Labute approximate surface area is 105 Å². The number of hydrogen-bond donors (Lipinski definition) is 1. The molecule has 1 atom stereocenters. The lowest BCUT2D eigenvalue weighted by Crippen LogP contribution is -2.25. The highest BCUT2D eigenvalue weighted by molar-refractivity contribution is 9.10. The molecule has 1 aromatic carbocycles. The van der Waals surface area contributed by atoms with Gasteiger partial charge in [-0.15, -0.1) is 0 Å². The zero-order chi connectivity index (χ0) is 12.0. The molecule has 0 heterocycles. The second kappa shape index (κ2) is 6.89. The van der Waals surface area contributed by atoms with Crippen molar-refractivity contribution in [2.24, 2.45) is 0 Å². The van der Waals surface area contributed by atoms with Crippen LogP contribution in [0, 0.1) is 0 Å². The molecule has 0 amide bonds. The molecule has 3 nitrogen and oxygen atoms in total. The van der Waals surface area contributed by atoms with E-state index in [1.807, 2.05) is 18.2 Å². The van der Waals surface area contributed by atoms with E-state index < -0.39 is 0 Å². The first kappa shape index (κ1) is 13.5. The minimum Gasteiger partial charge on any atom is -0.497 e. The van der Waals surface area contributed by atoms with E-state index in [-0.39, 0.29) is 6.04 Å². The summed E-state index contributed by atoms with van der Waals surface area (Å²) in [5.74, 6) is 0.859. The number of methoxy groups -OCH3 is 2. The second-order valence-corrected chi connectivity index (χ2v) is 4.31. The molecular weight excluding hydrogens is 270 g/mol. The van der Waals surface area contributed by atoms with E-state index in [1.54, 1.807) is 14.2 Å². The minimum atomic E-state index is 0.180. The van der Waals surface area contributed by atoms with E-state index in [2.05, 4.69) is 28.2 Å². The van der Waals surface area contributed by atoms with E-state index in [0.29, 0.717) is 6.61 Å². The molecule has 0 spiro atoms. The largest absolute Gasteiger partial charge is 0.497 e. The summed E-state index contributed by atoms with van der Waals surface area (Å²) in [6.45, 7) is 3.62. The summed E-state index contributed by atoms with van der Waals surface area (Å²) in [6, 6.07) is 6.13. The topological polar surface area (TPSA) is 30.5 Å². The SMILES string of the molecule is CCNC(COC)c1cc(OC)ccc1Br. The van der Waals surface area contributed by atoms with Gasteiger partial charge in [-0.1, -0.05) is 22.9 Å². The molecule has 16 heavy (non-hydrogen) atoms. The quantitative estimate of drug-likeness (QED) is 0.873. The summed E-state index contributed by atoms with van der Waals surface area (Å²) >= 11 is 3.55. The lowest BCUT2D eigenvalue weighted by Gasteiger charge is -2.19. The summed E-state index contributed by atoms with van der Waals surface area (Å²) < 4.78 is 11.5. The summed E-state index contributed by atoms with van der Waals surface area (Å²) in [7, 11) is 3.38. The fourth-order valence-corrected chi connectivity index (χ4v) is 2.11. The van der Waals surface area contributed by atoms with Crippen molar-refractivity contribution in [2.45, 2.75) is 13.0 Å². The molecule has 90 valence electrons. The van der Waals surface area contributed by atoms with Crippen molar-refractivity contribution in [1.82, 2.24) is 5.32 Å². The first-order valence-corrected chi connectivity index (χ1v) is 6.08. The van der Waals surface area contributed by atoms with Crippen molar-refractivity contribution in [3.05, 3.63) is 28.2 Å². The summed E-state index contributed by atoms with van der Waals surface area (Å²) in [6.07, 6.45) is 0. The van der Waals surface area contributed by atoms with Gasteiger partial charge in [-0.05, 0) is 30.3 Å². The van der Waals surface area contributed by atoms with Gasteiger partial charge in [0.15, 0.2) is 0 Å². The fourth-order valence-electron chi connectivity index (χ4n) is 1.59. The van der Waals surface area contributed by atoms with Crippen LogP contribution in [-0.2, 0) is 4.74 Å². The molecular formula is C12H18BrNO2. The van der Waals surface area contributed by atoms with Crippen LogP contribution >= 0.6 is 15.9 Å². The molecule has 0 fully saturated rings. The maximum Gasteiger partial charge on any atom is 0.119 e. The summed E-state index contributed by atoms with van der Waals surface area (Å²) in [5, 5.41) is 3.38. The van der Waals surface area contributed by atoms with Gasteiger partial charge in [0.1, 0.15) is 5.75 Å². The Morgan fingerprint density at radius 2 is 2.12 bits per heavy atom. The average Bonchev–Trinajstić information content (AvgIpc) is 2.29. The van der Waals surface area contributed by atoms with Crippen molar-refractivity contribution in [3.8, 4) is 5.75 Å². The maximum absolute atomic E-state index is 5.23. The lowest BCUT2D eigenvalue weighted by molar-refractivity contribution is 0.167. The van der Waals surface area contributed by atoms with Crippen LogP contribution in [0.5, 0.6) is 5.75 Å².